The van der Waals surface area contributed by atoms with Gasteiger partial charge in [0.2, 0.25) is 0 Å². The zero-order valence-corrected chi connectivity index (χ0v) is 9.91. The minimum Gasteiger partial charge on any atom is -0.432 e. The Kier molecular flexibility index (Phi) is 4.33. The second kappa shape index (κ2) is 5.31. The van der Waals surface area contributed by atoms with Crippen LogP contribution >= 0.6 is 7.52 Å². The molecule has 4 nitrogen and oxygen atoms in total. The zero-order chi connectivity index (χ0) is 11.3. The second-order valence-electron chi connectivity index (χ2n) is 3.54. The molecular formula is C10H17N2O2P. The van der Waals surface area contributed by atoms with Crippen LogP contribution in [0.15, 0.2) is 30.3 Å². The molecule has 0 aliphatic carbocycles. The van der Waals surface area contributed by atoms with E-state index in [4.69, 9.17) is 10.3 Å². The Labute approximate surface area is 90.3 Å². The molecule has 15 heavy (non-hydrogen) atoms. The fourth-order valence-electron chi connectivity index (χ4n) is 1.16. The molecule has 0 bridgehead atoms. The van der Waals surface area contributed by atoms with Crippen molar-refractivity contribution in [1.82, 2.24) is 5.09 Å². The van der Waals surface area contributed by atoms with Gasteiger partial charge in [-0.1, -0.05) is 18.2 Å². The molecule has 1 aromatic carbocycles. The number of nitrogens with one attached hydrogen (secondary N) is 1. The Morgan fingerprint density at radius 3 is 2.47 bits per heavy atom. The third-order valence-corrected chi connectivity index (χ3v) is 3.59. The van der Waals surface area contributed by atoms with Gasteiger partial charge in [-0.05, 0) is 26.0 Å². The topological polar surface area (TPSA) is 64.4 Å². The maximum Gasteiger partial charge on any atom is 0.330 e. The molecule has 0 fully saturated rings. The quantitative estimate of drug-likeness (QED) is 0.758. The molecule has 0 spiro atoms. The summed E-state index contributed by atoms with van der Waals surface area (Å²) < 4.78 is 17.5. The van der Waals surface area contributed by atoms with Crippen LogP contribution < -0.4 is 15.3 Å². The van der Waals surface area contributed by atoms with E-state index in [1.807, 2.05) is 32.0 Å². The van der Waals surface area contributed by atoms with Crippen molar-refractivity contribution in [1.29, 1.82) is 0 Å². The van der Waals surface area contributed by atoms with E-state index >= 15 is 0 Å². The molecule has 1 aromatic rings. The van der Waals surface area contributed by atoms with E-state index in [1.165, 1.54) is 0 Å². The van der Waals surface area contributed by atoms with Crippen molar-refractivity contribution in [3.8, 4) is 5.75 Å². The number of nitrogens with two attached hydrogens (primary N) is 1. The average Bonchev–Trinajstić information content (AvgIpc) is 2.18. The highest BCUT2D eigenvalue weighted by atomic mass is 31.2. The summed E-state index contributed by atoms with van der Waals surface area (Å²) >= 11 is 0. The molecule has 1 rings (SSSR count). The largest absolute Gasteiger partial charge is 0.432 e. The first kappa shape index (κ1) is 12.2. The van der Waals surface area contributed by atoms with Crippen LogP contribution in [0.4, 0.5) is 0 Å². The van der Waals surface area contributed by atoms with Gasteiger partial charge in [0, 0.05) is 6.04 Å². The summed E-state index contributed by atoms with van der Waals surface area (Å²) in [6.45, 7) is 3.80. The number of hydrogen-bond donors (Lipinski definition) is 2. The number of rotatable bonds is 5. The Balaban J connectivity index is 2.73. The standard InChI is InChI=1S/C10H17N2O2P/c1-9(2)12-15(13,8-11)14-10-6-4-3-5-7-10/h3-7,9H,8,11H2,1-2H3,(H,12,13). The van der Waals surface area contributed by atoms with Gasteiger partial charge in [0.15, 0.2) is 0 Å². The van der Waals surface area contributed by atoms with Crippen LogP contribution in [-0.2, 0) is 4.57 Å². The van der Waals surface area contributed by atoms with Crippen molar-refractivity contribution < 1.29 is 9.09 Å². The van der Waals surface area contributed by atoms with E-state index in [0.717, 1.165) is 0 Å². The van der Waals surface area contributed by atoms with E-state index in [-0.39, 0.29) is 12.3 Å². The lowest BCUT2D eigenvalue weighted by Crippen LogP contribution is -2.26. The smallest absolute Gasteiger partial charge is 0.330 e. The molecule has 0 saturated carbocycles. The van der Waals surface area contributed by atoms with Crippen LogP contribution in [0.3, 0.4) is 0 Å². The van der Waals surface area contributed by atoms with Crippen molar-refractivity contribution in [2.24, 2.45) is 5.73 Å². The maximum absolute atomic E-state index is 12.1. The van der Waals surface area contributed by atoms with Gasteiger partial charge in [-0.3, -0.25) is 4.57 Å². The van der Waals surface area contributed by atoms with Crippen molar-refractivity contribution >= 4 is 7.52 Å². The summed E-state index contributed by atoms with van der Waals surface area (Å²) in [6.07, 6.45) is -0.0138. The molecule has 3 N–H and O–H groups in total. The first-order chi connectivity index (χ1) is 7.06. The molecule has 0 amide bonds. The van der Waals surface area contributed by atoms with Crippen molar-refractivity contribution in [2.75, 3.05) is 6.29 Å². The van der Waals surface area contributed by atoms with Gasteiger partial charge in [-0.2, -0.15) is 0 Å². The van der Waals surface area contributed by atoms with Gasteiger partial charge < -0.3 is 10.3 Å². The highest BCUT2D eigenvalue weighted by Gasteiger charge is 2.23. The fraction of sp³-hybridized carbons (Fsp3) is 0.400. The first-order valence-electron chi connectivity index (χ1n) is 4.87. The lowest BCUT2D eigenvalue weighted by atomic mass is 10.3. The summed E-state index contributed by atoms with van der Waals surface area (Å²) in [7, 11) is -2.95. The van der Waals surface area contributed by atoms with Gasteiger partial charge in [0.25, 0.3) is 0 Å². The summed E-state index contributed by atoms with van der Waals surface area (Å²) in [5.74, 6) is 0.569. The number of hydrogen-bond acceptors (Lipinski definition) is 3. The minimum absolute atomic E-state index is 0.0138. The van der Waals surface area contributed by atoms with Gasteiger partial charge in [-0.25, -0.2) is 5.09 Å². The van der Waals surface area contributed by atoms with E-state index in [2.05, 4.69) is 5.09 Å². The summed E-state index contributed by atoms with van der Waals surface area (Å²) in [6, 6.07) is 9.10. The predicted octanol–water partition coefficient (Wildman–Crippen LogP) is 2.17. The van der Waals surface area contributed by atoms with Gasteiger partial charge in [-0.15, -0.1) is 0 Å². The SMILES string of the molecule is CC(C)NP(=O)(CN)Oc1ccccc1. The molecule has 5 heteroatoms. The van der Waals surface area contributed by atoms with Crippen LogP contribution in [0.5, 0.6) is 5.75 Å². The minimum atomic E-state index is -2.95. The van der Waals surface area contributed by atoms with Crippen LogP contribution in [-0.4, -0.2) is 12.3 Å². The normalized spacial score (nSPS) is 14.9. The van der Waals surface area contributed by atoms with Gasteiger partial charge in [0.1, 0.15) is 5.75 Å². The third kappa shape index (κ3) is 4.04. The van der Waals surface area contributed by atoms with Gasteiger partial charge >= 0.3 is 7.52 Å². The lowest BCUT2D eigenvalue weighted by Gasteiger charge is -2.20. The van der Waals surface area contributed by atoms with Crippen LogP contribution in [0.2, 0.25) is 0 Å². The molecule has 0 aromatic heterocycles. The van der Waals surface area contributed by atoms with E-state index < -0.39 is 7.52 Å². The number of para-hydroxylation sites is 1. The van der Waals surface area contributed by atoms with Crippen molar-refractivity contribution in [3.63, 3.8) is 0 Å². The van der Waals surface area contributed by atoms with Crippen LogP contribution in [0, 0.1) is 0 Å². The van der Waals surface area contributed by atoms with Crippen molar-refractivity contribution in [3.05, 3.63) is 30.3 Å². The molecule has 0 aliphatic heterocycles. The van der Waals surface area contributed by atoms with Crippen LogP contribution in [0.1, 0.15) is 13.8 Å². The summed E-state index contributed by atoms with van der Waals surface area (Å²) in [4.78, 5) is 0. The predicted molar refractivity (Wildman–Crippen MR) is 62.0 cm³/mol. The highest BCUT2D eigenvalue weighted by molar-refractivity contribution is 7.57. The Bertz CT molecular complexity index is 341. The Morgan fingerprint density at radius 1 is 1.40 bits per heavy atom. The molecule has 1 atom stereocenters. The molecule has 0 aliphatic rings. The number of benzene rings is 1. The average molecular weight is 228 g/mol. The molecule has 84 valence electrons. The second-order valence-corrected chi connectivity index (χ2v) is 5.70. The summed E-state index contributed by atoms with van der Waals surface area (Å²) in [5, 5.41) is 2.86. The lowest BCUT2D eigenvalue weighted by molar-refractivity contribution is 0.459. The monoisotopic (exact) mass is 228 g/mol. The molecule has 0 saturated heterocycles. The van der Waals surface area contributed by atoms with Gasteiger partial charge in [0.05, 0.1) is 6.29 Å². The highest BCUT2D eigenvalue weighted by Crippen LogP contribution is 2.41. The molecule has 1 unspecified atom stereocenters. The maximum atomic E-state index is 12.1. The fourth-order valence-corrected chi connectivity index (χ4v) is 2.64. The first-order valence-corrected chi connectivity index (χ1v) is 6.68. The Morgan fingerprint density at radius 2 is 2.00 bits per heavy atom. The Hall–Kier alpha value is -0.830. The molecule has 0 heterocycles. The molecular weight excluding hydrogens is 211 g/mol. The van der Waals surface area contributed by atoms with E-state index in [9.17, 15) is 4.57 Å². The summed E-state index contributed by atoms with van der Waals surface area (Å²) in [5.41, 5.74) is 5.45. The third-order valence-electron chi connectivity index (χ3n) is 1.69. The van der Waals surface area contributed by atoms with Crippen LogP contribution in [0.25, 0.3) is 0 Å². The van der Waals surface area contributed by atoms with Crippen molar-refractivity contribution in [2.45, 2.75) is 19.9 Å². The van der Waals surface area contributed by atoms with E-state index in [0.29, 0.717) is 5.75 Å². The van der Waals surface area contributed by atoms with E-state index in [1.54, 1.807) is 12.1 Å². The zero-order valence-electron chi connectivity index (χ0n) is 9.01. The molecule has 0 radical (unpaired) electrons.